The van der Waals surface area contributed by atoms with Gasteiger partial charge in [-0.1, -0.05) is 13.3 Å². The summed E-state index contributed by atoms with van der Waals surface area (Å²) in [6, 6.07) is 0. The minimum Gasteiger partial charge on any atom is -0.299 e. The molecule has 0 heterocycles. The number of Topliss-reactive ketones (excluding diaryl/α,β-unsaturated/α-hetero) is 1. The van der Waals surface area contributed by atoms with E-state index >= 15 is 0 Å². The van der Waals surface area contributed by atoms with Crippen molar-refractivity contribution in [2.75, 3.05) is 0 Å². The summed E-state index contributed by atoms with van der Waals surface area (Å²) >= 11 is 0. The lowest BCUT2D eigenvalue weighted by molar-refractivity contribution is -0.429. The molecule has 1 atom stereocenters. The molecular weight excluding hydrogens is 206 g/mol. The lowest BCUT2D eigenvalue weighted by Crippen LogP contribution is -2.11. The van der Waals surface area contributed by atoms with Gasteiger partial charge in [-0.25, -0.2) is 0 Å². The van der Waals surface area contributed by atoms with Crippen LogP contribution in [0.1, 0.15) is 51.9 Å². The van der Waals surface area contributed by atoms with E-state index in [4.69, 9.17) is 0 Å². The quantitative estimate of drug-likeness (QED) is 0.396. The monoisotopic (exact) mass is 225 g/mol. The summed E-state index contributed by atoms with van der Waals surface area (Å²) in [5.41, 5.74) is 0.230. The Kier molecular flexibility index (Phi) is 5.15. The third kappa shape index (κ3) is 3.76. The number of nitro groups is 1. The van der Waals surface area contributed by atoms with Gasteiger partial charge in [-0.2, -0.15) is 0 Å². The molecule has 0 aromatic heterocycles. The zero-order chi connectivity index (χ0) is 12.0. The predicted octanol–water partition coefficient (Wildman–Crippen LogP) is 3.10. The zero-order valence-corrected chi connectivity index (χ0v) is 9.78. The fourth-order valence-electron chi connectivity index (χ4n) is 2.06. The molecular formula is C12H19NO3. The van der Waals surface area contributed by atoms with Crippen molar-refractivity contribution in [3.05, 3.63) is 21.9 Å². The highest BCUT2D eigenvalue weighted by Crippen LogP contribution is 2.27. The van der Waals surface area contributed by atoms with Gasteiger partial charge in [0.15, 0.2) is 0 Å². The van der Waals surface area contributed by atoms with Gasteiger partial charge in [-0.15, -0.1) is 0 Å². The second-order valence-corrected chi connectivity index (χ2v) is 4.35. The fraction of sp³-hybridized carbons (Fsp3) is 0.750. The maximum Gasteiger partial charge on any atom is 0.243 e. The normalized spacial score (nSPS) is 21.4. The molecule has 0 aromatic rings. The number of nitrogens with zero attached hydrogens (tertiary/aromatic N) is 1. The van der Waals surface area contributed by atoms with Crippen LogP contribution >= 0.6 is 0 Å². The van der Waals surface area contributed by atoms with Crippen molar-refractivity contribution in [2.24, 2.45) is 5.92 Å². The molecule has 1 fully saturated rings. The van der Waals surface area contributed by atoms with Gasteiger partial charge in [-0.05, 0) is 31.8 Å². The van der Waals surface area contributed by atoms with E-state index in [9.17, 15) is 14.9 Å². The van der Waals surface area contributed by atoms with Crippen molar-refractivity contribution in [3.63, 3.8) is 0 Å². The molecule has 0 aromatic carbocycles. The average molecular weight is 225 g/mol. The van der Waals surface area contributed by atoms with Crippen molar-refractivity contribution in [3.8, 4) is 0 Å². The van der Waals surface area contributed by atoms with Crippen LogP contribution in [0.5, 0.6) is 0 Å². The second kappa shape index (κ2) is 6.40. The molecule has 1 aliphatic carbocycles. The Balaban J connectivity index is 2.53. The van der Waals surface area contributed by atoms with Crippen molar-refractivity contribution in [2.45, 2.75) is 51.9 Å². The molecule has 16 heavy (non-hydrogen) atoms. The lowest BCUT2D eigenvalue weighted by atomic mass is 10.00. The number of hydrogen-bond donors (Lipinski definition) is 0. The highest BCUT2D eigenvalue weighted by molar-refractivity contribution is 5.83. The molecule has 0 saturated heterocycles. The number of carbonyl (C=O) groups is 1. The van der Waals surface area contributed by atoms with Crippen LogP contribution in [-0.2, 0) is 4.79 Å². The van der Waals surface area contributed by atoms with Crippen molar-refractivity contribution in [1.82, 2.24) is 0 Å². The van der Waals surface area contributed by atoms with Crippen LogP contribution in [0.3, 0.4) is 0 Å². The maximum absolute atomic E-state index is 11.4. The fourth-order valence-corrected chi connectivity index (χ4v) is 2.06. The van der Waals surface area contributed by atoms with E-state index in [0.29, 0.717) is 12.8 Å². The van der Waals surface area contributed by atoms with Gasteiger partial charge in [0.2, 0.25) is 5.70 Å². The van der Waals surface area contributed by atoms with Crippen LogP contribution in [0.15, 0.2) is 11.8 Å². The summed E-state index contributed by atoms with van der Waals surface area (Å²) in [5.74, 6) is 0.0986. The Morgan fingerprint density at radius 2 is 2.38 bits per heavy atom. The van der Waals surface area contributed by atoms with E-state index in [2.05, 4.69) is 6.92 Å². The number of carbonyl (C=O) groups excluding carboxylic acids is 1. The Hall–Kier alpha value is -1.19. The van der Waals surface area contributed by atoms with Gasteiger partial charge >= 0.3 is 0 Å². The summed E-state index contributed by atoms with van der Waals surface area (Å²) in [6.07, 6.45) is 7.07. The highest BCUT2D eigenvalue weighted by atomic mass is 16.6. The lowest BCUT2D eigenvalue weighted by Gasteiger charge is -2.05. The van der Waals surface area contributed by atoms with E-state index < -0.39 is 0 Å². The van der Waals surface area contributed by atoms with Crippen LogP contribution in [-0.4, -0.2) is 10.7 Å². The van der Waals surface area contributed by atoms with Crippen molar-refractivity contribution < 1.29 is 9.72 Å². The van der Waals surface area contributed by atoms with Crippen molar-refractivity contribution in [1.29, 1.82) is 0 Å². The molecule has 0 spiro atoms. The van der Waals surface area contributed by atoms with Gasteiger partial charge in [-0.3, -0.25) is 14.9 Å². The molecule has 0 aliphatic heterocycles. The largest absolute Gasteiger partial charge is 0.299 e. The average Bonchev–Trinajstić information content (AvgIpc) is 2.63. The van der Waals surface area contributed by atoms with Gasteiger partial charge in [0.25, 0.3) is 0 Å². The Labute approximate surface area is 95.9 Å². The van der Waals surface area contributed by atoms with E-state index in [1.165, 1.54) is 0 Å². The molecule has 0 N–H and O–H groups in total. The third-order valence-electron chi connectivity index (χ3n) is 3.06. The van der Waals surface area contributed by atoms with Crippen LogP contribution in [0, 0.1) is 16.0 Å². The van der Waals surface area contributed by atoms with Crippen LogP contribution in [0.25, 0.3) is 0 Å². The summed E-state index contributed by atoms with van der Waals surface area (Å²) in [7, 11) is 0. The zero-order valence-electron chi connectivity index (χ0n) is 9.78. The molecule has 1 unspecified atom stereocenters. The van der Waals surface area contributed by atoms with Gasteiger partial charge in [0.1, 0.15) is 5.78 Å². The summed E-state index contributed by atoms with van der Waals surface area (Å²) < 4.78 is 0. The van der Waals surface area contributed by atoms with Gasteiger partial charge in [0, 0.05) is 18.8 Å². The minimum absolute atomic E-state index is 0.0988. The molecule has 4 nitrogen and oxygen atoms in total. The summed E-state index contributed by atoms with van der Waals surface area (Å²) in [4.78, 5) is 21.9. The Bertz CT molecular complexity index is 297. The molecule has 0 amide bonds. The minimum atomic E-state index is -0.332. The summed E-state index contributed by atoms with van der Waals surface area (Å²) in [6.45, 7) is 2.06. The van der Waals surface area contributed by atoms with Gasteiger partial charge in [0.05, 0.1) is 4.92 Å². The number of hydrogen-bond acceptors (Lipinski definition) is 3. The van der Waals surface area contributed by atoms with Crippen LogP contribution in [0.2, 0.25) is 0 Å². The van der Waals surface area contributed by atoms with Crippen LogP contribution in [0.4, 0.5) is 0 Å². The van der Waals surface area contributed by atoms with E-state index in [1.807, 2.05) is 0 Å². The smallest absolute Gasteiger partial charge is 0.243 e. The standard InChI is InChI=1S/C12H19NO3/c1-2-3-4-7-11(13(15)16)9-10-6-5-8-12(10)14/h7,10H,2-6,8-9H2,1H3/b11-7+. The van der Waals surface area contributed by atoms with Gasteiger partial charge < -0.3 is 0 Å². The SMILES string of the molecule is CCCC/C=C(\CC1CCCC1=O)[N+](=O)[O-]. The molecule has 1 aliphatic rings. The first kappa shape index (κ1) is 12.9. The number of ketones is 1. The number of rotatable bonds is 6. The highest BCUT2D eigenvalue weighted by Gasteiger charge is 2.28. The van der Waals surface area contributed by atoms with E-state index in [1.54, 1.807) is 6.08 Å². The maximum atomic E-state index is 11.4. The number of unbranched alkanes of at least 4 members (excludes halogenated alkanes) is 2. The first-order valence-electron chi connectivity index (χ1n) is 6.01. The van der Waals surface area contributed by atoms with E-state index in [-0.39, 0.29) is 22.3 Å². The first-order chi connectivity index (χ1) is 7.65. The third-order valence-corrected chi connectivity index (χ3v) is 3.06. The molecule has 90 valence electrons. The molecule has 1 saturated carbocycles. The first-order valence-corrected chi connectivity index (χ1v) is 6.01. The Morgan fingerprint density at radius 1 is 1.62 bits per heavy atom. The topological polar surface area (TPSA) is 60.2 Å². The van der Waals surface area contributed by atoms with Crippen LogP contribution < -0.4 is 0 Å². The molecule has 0 bridgehead atoms. The Morgan fingerprint density at radius 3 is 2.88 bits per heavy atom. The molecule has 0 radical (unpaired) electrons. The molecule has 4 heteroatoms. The summed E-state index contributed by atoms with van der Waals surface area (Å²) in [5, 5.41) is 10.8. The molecule has 1 rings (SSSR count). The number of allylic oxidation sites excluding steroid dienone is 2. The van der Waals surface area contributed by atoms with Crippen molar-refractivity contribution >= 4 is 5.78 Å². The second-order valence-electron chi connectivity index (χ2n) is 4.35. The van der Waals surface area contributed by atoms with E-state index in [0.717, 1.165) is 32.1 Å². The predicted molar refractivity (Wildman–Crippen MR) is 61.6 cm³/mol.